The summed E-state index contributed by atoms with van der Waals surface area (Å²) in [7, 11) is 0. The summed E-state index contributed by atoms with van der Waals surface area (Å²) in [6.45, 7) is 1.41. The molecular formula is C13H15N3. The molecule has 3 nitrogen and oxygen atoms in total. The van der Waals surface area contributed by atoms with E-state index in [1.165, 1.54) is 5.56 Å². The second-order valence-electron chi connectivity index (χ2n) is 3.61. The van der Waals surface area contributed by atoms with Crippen molar-refractivity contribution in [3.63, 3.8) is 0 Å². The Balaban J connectivity index is 1.94. The van der Waals surface area contributed by atoms with Crippen LogP contribution in [0.15, 0.2) is 48.8 Å². The van der Waals surface area contributed by atoms with Crippen molar-refractivity contribution in [3.05, 3.63) is 59.9 Å². The highest BCUT2D eigenvalue weighted by molar-refractivity contribution is 5.41. The zero-order chi connectivity index (χ0) is 11.2. The lowest BCUT2D eigenvalue weighted by Crippen LogP contribution is -2.00. The molecule has 2 aromatic rings. The van der Waals surface area contributed by atoms with Gasteiger partial charge < -0.3 is 11.1 Å². The van der Waals surface area contributed by atoms with E-state index in [2.05, 4.69) is 34.6 Å². The van der Waals surface area contributed by atoms with E-state index in [1.54, 1.807) is 12.4 Å². The van der Waals surface area contributed by atoms with E-state index in [-0.39, 0.29) is 0 Å². The van der Waals surface area contributed by atoms with Gasteiger partial charge in [0, 0.05) is 31.2 Å². The number of anilines is 1. The molecule has 3 N–H and O–H groups in total. The summed E-state index contributed by atoms with van der Waals surface area (Å²) in [5.74, 6) is 0. The van der Waals surface area contributed by atoms with Gasteiger partial charge in [-0.05, 0) is 23.3 Å². The normalized spacial score (nSPS) is 10.1. The molecule has 0 atom stereocenters. The van der Waals surface area contributed by atoms with Gasteiger partial charge in [-0.3, -0.25) is 4.98 Å². The molecule has 0 aliphatic heterocycles. The Morgan fingerprint density at radius 3 is 2.19 bits per heavy atom. The molecular weight excluding hydrogens is 198 g/mol. The molecule has 0 fully saturated rings. The molecule has 0 saturated heterocycles. The van der Waals surface area contributed by atoms with Gasteiger partial charge in [-0.15, -0.1) is 0 Å². The molecule has 0 aliphatic carbocycles. The molecule has 0 saturated carbocycles. The van der Waals surface area contributed by atoms with Crippen LogP contribution in [-0.4, -0.2) is 4.98 Å². The van der Waals surface area contributed by atoms with Gasteiger partial charge in [0.2, 0.25) is 0 Å². The molecule has 1 heterocycles. The molecule has 1 aromatic heterocycles. The van der Waals surface area contributed by atoms with Crippen molar-refractivity contribution in [1.82, 2.24) is 4.98 Å². The van der Waals surface area contributed by atoms with Crippen LogP contribution in [0.25, 0.3) is 0 Å². The molecule has 16 heavy (non-hydrogen) atoms. The summed E-state index contributed by atoms with van der Waals surface area (Å²) in [5.41, 5.74) is 9.03. The number of aromatic nitrogens is 1. The van der Waals surface area contributed by atoms with E-state index in [4.69, 9.17) is 5.73 Å². The number of hydrogen-bond acceptors (Lipinski definition) is 3. The third-order valence-electron chi connectivity index (χ3n) is 2.44. The lowest BCUT2D eigenvalue weighted by atomic mass is 10.1. The van der Waals surface area contributed by atoms with Crippen LogP contribution in [0, 0.1) is 0 Å². The zero-order valence-corrected chi connectivity index (χ0v) is 9.06. The summed E-state index contributed by atoms with van der Waals surface area (Å²) in [6, 6.07) is 12.2. The molecule has 0 bridgehead atoms. The highest BCUT2D eigenvalue weighted by Gasteiger charge is 1.94. The Kier molecular flexibility index (Phi) is 3.51. The van der Waals surface area contributed by atoms with Gasteiger partial charge in [-0.1, -0.05) is 24.3 Å². The van der Waals surface area contributed by atoms with E-state index in [1.807, 2.05) is 12.1 Å². The Morgan fingerprint density at radius 1 is 0.938 bits per heavy atom. The second kappa shape index (κ2) is 5.28. The summed E-state index contributed by atoms with van der Waals surface area (Å²) in [4.78, 5) is 3.97. The fourth-order valence-corrected chi connectivity index (χ4v) is 1.47. The fourth-order valence-electron chi connectivity index (χ4n) is 1.47. The minimum atomic E-state index is 0.595. The van der Waals surface area contributed by atoms with E-state index in [0.29, 0.717) is 6.54 Å². The number of nitrogens with two attached hydrogens (primary N) is 1. The number of nitrogens with zero attached hydrogens (tertiary/aromatic N) is 1. The summed E-state index contributed by atoms with van der Waals surface area (Å²) in [6.07, 6.45) is 3.56. The smallest absolute Gasteiger partial charge is 0.0400 e. The molecule has 82 valence electrons. The number of hydrogen-bond donors (Lipinski definition) is 2. The fraction of sp³-hybridized carbons (Fsp3) is 0.154. The van der Waals surface area contributed by atoms with Crippen molar-refractivity contribution < 1.29 is 0 Å². The maximum absolute atomic E-state index is 5.54. The van der Waals surface area contributed by atoms with Gasteiger partial charge in [0.25, 0.3) is 0 Å². The average molecular weight is 213 g/mol. The number of benzene rings is 1. The van der Waals surface area contributed by atoms with Gasteiger partial charge >= 0.3 is 0 Å². The lowest BCUT2D eigenvalue weighted by Gasteiger charge is -2.06. The van der Waals surface area contributed by atoms with Crippen molar-refractivity contribution in [2.75, 3.05) is 5.32 Å². The van der Waals surface area contributed by atoms with Crippen molar-refractivity contribution in [2.45, 2.75) is 13.1 Å². The molecule has 0 aliphatic rings. The standard InChI is InChI=1S/C13H15N3/c14-9-11-1-3-12(4-2-11)10-16-13-5-7-15-8-6-13/h1-8H,9-10,14H2,(H,15,16). The first-order valence-corrected chi connectivity index (χ1v) is 5.30. The molecule has 0 radical (unpaired) electrons. The van der Waals surface area contributed by atoms with Crippen molar-refractivity contribution in [1.29, 1.82) is 0 Å². The van der Waals surface area contributed by atoms with Crippen LogP contribution >= 0.6 is 0 Å². The van der Waals surface area contributed by atoms with Gasteiger partial charge in [-0.25, -0.2) is 0 Å². The molecule has 2 rings (SSSR count). The molecule has 3 heteroatoms. The third kappa shape index (κ3) is 2.81. The predicted octanol–water partition coefficient (Wildman–Crippen LogP) is 2.15. The van der Waals surface area contributed by atoms with Crippen molar-refractivity contribution >= 4 is 5.69 Å². The molecule has 0 amide bonds. The quantitative estimate of drug-likeness (QED) is 0.818. The summed E-state index contributed by atoms with van der Waals surface area (Å²) < 4.78 is 0. The van der Waals surface area contributed by atoms with Crippen molar-refractivity contribution in [3.8, 4) is 0 Å². The van der Waals surface area contributed by atoms with E-state index in [0.717, 1.165) is 17.8 Å². The zero-order valence-electron chi connectivity index (χ0n) is 9.06. The van der Waals surface area contributed by atoms with Gasteiger partial charge in [0.05, 0.1) is 0 Å². The minimum absolute atomic E-state index is 0.595. The lowest BCUT2D eigenvalue weighted by molar-refractivity contribution is 1.06. The van der Waals surface area contributed by atoms with Crippen LogP contribution in [0.2, 0.25) is 0 Å². The second-order valence-corrected chi connectivity index (χ2v) is 3.61. The van der Waals surface area contributed by atoms with Crippen LogP contribution in [0.1, 0.15) is 11.1 Å². The first-order valence-electron chi connectivity index (χ1n) is 5.30. The first-order chi connectivity index (χ1) is 7.88. The van der Waals surface area contributed by atoms with Crippen LogP contribution in [0.3, 0.4) is 0 Å². The Morgan fingerprint density at radius 2 is 1.56 bits per heavy atom. The van der Waals surface area contributed by atoms with Gasteiger partial charge in [0.1, 0.15) is 0 Å². The highest BCUT2D eigenvalue weighted by Crippen LogP contribution is 2.08. The maximum atomic E-state index is 5.54. The van der Waals surface area contributed by atoms with Crippen LogP contribution in [-0.2, 0) is 13.1 Å². The third-order valence-corrected chi connectivity index (χ3v) is 2.44. The minimum Gasteiger partial charge on any atom is -0.381 e. The molecule has 0 unspecified atom stereocenters. The SMILES string of the molecule is NCc1ccc(CNc2ccncc2)cc1. The Bertz CT molecular complexity index is 423. The van der Waals surface area contributed by atoms with E-state index in [9.17, 15) is 0 Å². The van der Waals surface area contributed by atoms with E-state index < -0.39 is 0 Å². The monoisotopic (exact) mass is 213 g/mol. The largest absolute Gasteiger partial charge is 0.381 e. The van der Waals surface area contributed by atoms with Gasteiger partial charge in [0.15, 0.2) is 0 Å². The highest BCUT2D eigenvalue weighted by atomic mass is 14.9. The van der Waals surface area contributed by atoms with E-state index >= 15 is 0 Å². The number of rotatable bonds is 4. The van der Waals surface area contributed by atoms with Gasteiger partial charge in [-0.2, -0.15) is 0 Å². The summed E-state index contributed by atoms with van der Waals surface area (Å²) >= 11 is 0. The Hall–Kier alpha value is -1.87. The maximum Gasteiger partial charge on any atom is 0.0400 e. The van der Waals surface area contributed by atoms with Crippen LogP contribution < -0.4 is 11.1 Å². The summed E-state index contributed by atoms with van der Waals surface area (Å²) in [5, 5.41) is 3.33. The first kappa shape index (κ1) is 10.6. The molecule has 1 aromatic carbocycles. The Labute approximate surface area is 95.3 Å². The van der Waals surface area contributed by atoms with Crippen LogP contribution in [0.4, 0.5) is 5.69 Å². The number of pyridine rings is 1. The topological polar surface area (TPSA) is 50.9 Å². The van der Waals surface area contributed by atoms with Crippen LogP contribution in [0.5, 0.6) is 0 Å². The number of nitrogens with one attached hydrogen (secondary N) is 1. The molecule has 0 spiro atoms. The average Bonchev–Trinajstić information content (AvgIpc) is 2.38. The van der Waals surface area contributed by atoms with Crippen molar-refractivity contribution in [2.24, 2.45) is 5.73 Å². The predicted molar refractivity (Wildman–Crippen MR) is 65.9 cm³/mol.